The molecule has 0 spiro atoms. The highest BCUT2D eigenvalue weighted by Crippen LogP contribution is 2.27. The summed E-state index contributed by atoms with van der Waals surface area (Å²) in [5, 5.41) is 9.77. The van der Waals surface area contributed by atoms with Crippen LogP contribution in [-0.2, 0) is 0 Å². The quantitative estimate of drug-likeness (QED) is 0.885. The van der Waals surface area contributed by atoms with E-state index in [1.165, 1.54) is 7.11 Å². The first-order valence-corrected chi connectivity index (χ1v) is 5.45. The molecule has 0 atom stereocenters. The maximum Gasteiger partial charge on any atom is 0.323 e. The molecule has 0 aliphatic rings. The van der Waals surface area contributed by atoms with Gasteiger partial charge in [-0.2, -0.15) is 9.97 Å². The zero-order valence-corrected chi connectivity index (χ0v) is 10.1. The number of phenols is 1. The van der Waals surface area contributed by atoms with Crippen molar-refractivity contribution in [3.63, 3.8) is 0 Å². The molecule has 0 amide bonds. The summed E-state index contributed by atoms with van der Waals surface area (Å²) in [6.45, 7) is 2.27. The van der Waals surface area contributed by atoms with Crippen LogP contribution in [0.4, 0.5) is 0 Å². The summed E-state index contributed by atoms with van der Waals surface area (Å²) in [6.07, 6.45) is 0. The van der Waals surface area contributed by atoms with Crippen molar-refractivity contribution in [2.24, 2.45) is 0 Å². The molecule has 0 aliphatic heterocycles. The lowest BCUT2D eigenvalue weighted by Gasteiger charge is -2.07. The van der Waals surface area contributed by atoms with Crippen LogP contribution in [0.25, 0.3) is 11.4 Å². The Morgan fingerprint density at radius 3 is 2.50 bits per heavy atom. The van der Waals surface area contributed by atoms with Gasteiger partial charge in [0.1, 0.15) is 5.75 Å². The van der Waals surface area contributed by atoms with E-state index in [9.17, 15) is 5.11 Å². The fourth-order valence-corrected chi connectivity index (χ4v) is 1.41. The molecule has 18 heavy (non-hydrogen) atoms. The van der Waals surface area contributed by atoms with Crippen molar-refractivity contribution >= 4 is 0 Å². The van der Waals surface area contributed by atoms with Crippen LogP contribution in [0.2, 0.25) is 0 Å². The first-order valence-electron chi connectivity index (χ1n) is 5.45. The van der Waals surface area contributed by atoms with E-state index in [1.807, 2.05) is 6.92 Å². The summed E-state index contributed by atoms with van der Waals surface area (Å²) in [4.78, 5) is 12.1. The van der Waals surface area contributed by atoms with E-state index < -0.39 is 0 Å². The molecule has 6 nitrogen and oxygen atoms in total. The van der Waals surface area contributed by atoms with Crippen molar-refractivity contribution in [1.82, 2.24) is 15.0 Å². The molecule has 1 heterocycles. The van der Waals surface area contributed by atoms with Gasteiger partial charge in [0.25, 0.3) is 0 Å². The second-order valence-electron chi connectivity index (χ2n) is 3.38. The van der Waals surface area contributed by atoms with Crippen LogP contribution in [-0.4, -0.2) is 33.8 Å². The van der Waals surface area contributed by atoms with Crippen LogP contribution < -0.4 is 9.47 Å². The molecule has 0 radical (unpaired) electrons. The molecule has 0 saturated heterocycles. The number of ether oxygens (including phenoxy) is 2. The lowest BCUT2D eigenvalue weighted by atomic mass is 10.2. The Kier molecular flexibility index (Phi) is 3.57. The summed E-state index contributed by atoms with van der Waals surface area (Å²) in [5.41, 5.74) is 0.499. The molecule has 2 rings (SSSR count). The third kappa shape index (κ3) is 2.48. The van der Waals surface area contributed by atoms with Gasteiger partial charge in [0, 0.05) is 0 Å². The van der Waals surface area contributed by atoms with Gasteiger partial charge in [0.15, 0.2) is 5.82 Å². The SMILES string of the molecule is CCOc1nc(OC)nc(-c2ccccc2O)n1. The molecule has 94 valence electrons. The molecule has 2 aromatic rings. The van der Waals surface area contributed by atoms with Crippen LogP contribution >= 0.6 is 0 Å². The highest BCUT2D eigenvalue weighted by atomic mass is 16.5. The van der Waals surface area contributed by atoms with Gasteiger partial charge in [-0.1, -0.05) is 12.1 Å². The summed E-state index contributed by atoms with van der Waals surface area (Å²) in [7, 11) is 1.46. The maximum absolute atomic E-state index is 9.77. The van der Waals surface area contributed by atoms with Crippen molar-refractivity contribution in [3.8, 4) is 29.2 Å². The third-order valence-electron chi connectivity index (χ3n) is 2.20. The monoisotopic (exact) mass is 247 g/mol. The number of para-hydroxylation sites is 1. The molecular weight excluding hydrogens is 234 g/mol. The minimum atomic E-state index is 0.0909. The molecule has 1 aromatic heterocycles. The fourth-order valence-electron chi connectivity index (χ4n) is 1.41. The molecule has 0 bridgehead atoms. The van der Waals surface area contributed by atoms with Gasteiger partial charge in [-0.05, 0) is 19.1 Å². The van der Waals surface area contributed by atoms with E-state index >= 15 is 0 Å². The Balaban J connectivity index is 2.50. The molecule has 1 aromatic carbocycles. The largest absolute Gasteiger partial charge is 0.507 e. The van der Waals surface area contributed by atoms with Crippen LogP contribution in [0.15, 0.2) is 24.3 Å². The van der Waals surface area contributed by atoms with Gasteiger partial charge in [-0.3, -0.25) is 0 Å². The Morgan fingerprint density at radius 1 is 1.11 bits per heavy atom. The standard InChI is InChI=1S/C12H13N3O3/c1-3-18-12-14-10(13-11(15-12)17-2)8-6-4-5-7-9(8)16/h4-7,16H,3H2,1-2H3. The number of benzene rings is 1. The zero-order valence-electron chi connectivity index (χ0n) is 10.1. The first kappa shape index (κ1) is 12.1. The van der Waals surface area contributed by atoms with E-state index in [0.29, 0.717) is 18.0 Å². The van der Waals surface area contributed by atoms with Crippen molar-refractivity contribution in [1.29, 1.82) is 0 Å². The minimum Gasteiger partial charge on any atom is -0.507 e. The molecule has 0 fully saturated rings. The lowest BCUT2D eigenvalue weighted by molar-refractivity contribution is 0.298. The number of phenolic OH excluding ortho intramolecular Hbond substituents is 1. The minimum absolute atomic E-state index is 0.0909. The van der Waals surface area contributed by atoms with Crippen molar-refractivity contribution in [3.05, 3.63) is 24.3 Å². The third-order valence-corrected chi connectivity index (χ3v) is 2.20. The Bertz CT molecular complexity index is 546. The van der Waals surface area contributed by atoms with Gasteiger partial charge in [-0.25, -0.2) is 0 Å². The second kappa shape index (κ2) is 5.31. The summed E-state index contributed by atoms with van der Waals surface area (Å²) in [5.74, 6) is 0.400. The Morgan fingerprint density at radius 2 is 1.83 bits per heavy atom. The van der Waals surface area contributed by atoms with Gasteiger partial charge in [0.2, 0.25) is 0 Å². The predicted molar refractivity (Wildman–Crippen MR) is 64.6 cm³/mol. The number of methoxy groups -OCH3 is 1. The molecule has 0 aliphatic carbocycles. The van der Waals surface area contributed by atoms with E-state index in [1.54, 1.807) is 24.3 Å². The van der Waals surface area contributed by atoms with E-state index in [-0.39, 0.29) is 17.8 Å². The molecular formula is C12H13N3O3. The number of aromatic nitrogens is 3. The van der Waals surface area contributed by atoms with Crippen molar-refractivity contribution in [2.45, 2.75) is 6.92 Å². The van der Waals surface area contributed by atoms with Crippen LogP contribution in [0.5, 0.6) is 17.8 Å². The molecule has 0 unspecified atom stereocenters. The van der Waals surface area contributed by atoms with Gasteiger partial charge in [0.05, 0.1) is 19.3 Å². The lowest BCUT2D eigenvalue weighted by Crippen LogP contribution is -2.03. The Labute approximate surface area is 104 Å². The van der Waals surface area contributed by atoms with Crippen molar-refractivity contribution in [2.75, 3.05) is 13.7 Å². The van der Waals surface area contributed by atoms with Gasteiger partial charge < -0.3 is 14.6 Å². The second-order valence-corrected chi connectivity index (χ2v) is 3.38. The predicted octanol–water partition coefficient (Wildman–Crippen LogP) is 1.65. The number of rotatable bonds is 4. The molecule has 6 heteroatoms. The number of hydrogen-bond donors (Lipinski definition) is 1. The maximum atomic E-state index is 9.77. The van der Waals surface area contributed by atoms with Crippen LogP contribution in [0.1, 0.15) is 6.92 Å². The topological polar surface area (TPSA) is 77.4 Å². The van der Waals surface area contributed by atoms with Crippen molar-refractivity contribution < 1.29 is 14.6 Å². The van der Waals surface area contributed by atoms with Gasteiger partial charge >= 0.3 is 12.0 Å². The normalized spacial score (nSPS) is 10.1. The summed E-state index contributed by atoms with van der Waals surface area (Å²) < 4.78 is 10.2. The average molecular weight is 247 g/mol. The summed E-state index contributed by atoms with van der Waals surface area (Å²) in [6, 6.07) is 7.09. The Hall–Kier alpha value is -2.37. The molecule has 0 saturated carbocycles. The van der Waals surface area contributed by atoms with E-state index in [0.717, 1.165) is 0 Å². The van der Waals surface area contributed by atoms with Crippen LogP contribution in [0, 0.1) is 0 Å². The highest BCUT2D eigenvalue weighted by Gasteiger charge is 2.12. The van der Waals surface area contributed by atoms with Crippen LogP contribution in [0.3, 0.4) is 0 Å². The number of nitrogens with zero attached hydrogens (tertiary/aromatic N) is 3. The average Bonchev–Trinajstić information content (AvgIpc) is 2.39. The van der Waals surface area contributed by atoms with E-state index in [4.69, 9.17) is 9.47 Å². The fraction of sp³-hybridized carbons (Fsp3) is 0.250. The van der Waals surface area contributed by atoms with Gasteiger partial charge in [-0.15, -0.1) is 4.98 Å². The number of aromatic hydroxyl groups is 1. The smallest absolute Gasteiger partial charge is 0.323 e. The summed E-state index contributed by atoms with van der Waals surface area (Å²) >= 11 is 0. The van der Waals surface area contributed by atoms with E-state index in [2.05, 4.69) is 15.0 Å². The highest BCUT2D eigenvalue weighted by molar-refractivity contribution is 5.63. The first-order chi connectivity index (χ1) is 8.74. The molecule has 1 N–H and O–H groups in total. The zero-order chi connectivity index (χ0) is 13.0. The number of hydrogen-bond acceptors (Lipinski definition) is 6.